The van der Waals surface area contributed by atoms with Gasteiger partial charge in [0.25, 0.3) is 5.91 Å². The van der Waals surface area contributed by atoms with Crippen LogP contribution < -0.4 is 11.1 Å². The van der Waals surface area contributed by atoms with E-state index in [9.17, 15) is 18.4 Å². The van der Waals surface area contributed by atoms with E-state index in [2.05, 4.69) is 5.32 Å². The first-order chi connectivity index (χ1) is 14.2. The van der Waals surface area contributed by atoms with E-state index >= 15 is 0 Å². The third-order valence-electron chi connectivity index (χ3n) is 4.78. The summed E-state index contributed by atoms with van der Waals surface area (Å²) in [6.45, 7) is 1.45. The van der Waals surface area contributed by atoms with Crippen LogP contribution in [-0.2, 0) is 11.8 Å². The fourth-order valence-corrected chi connectivity index (χ4v) is 3.56. The van der Waals surface area contributed by atoms with E-state index in [1.807, 2.05) is 0 Å². The summed E-state index contributed by atoms with van der Waals surface area (Å²) in [6, 6.07) is 8.02. The molecule has 0 aliphatic carbocycles. The lowest BCUT2D eigenvalue weighted by molar-refractivity contribution is -0.118. The Balaban J connectivity index is 2.01. The van der Waals surface area contributed by atoms with Gasteiger partial charge in [-0.25, -0.2) is 8.78 Å². The van der Waals surface area contributed by atoms with Crippen molar-refractivity contribution in [2.75, 3.05) is 0 Å². The third kappa shape index (κ3) is 4.52. The van der Waals surface area contributed by atoms with Crippen molar-refractivity contribution in [3.05, 3.63) is 82.1 Å². The van der Waals surface area contributed by atoms with Gasteiger partial charge in [-0.1, -0.05) is 23.7 Å². The quantitative estimate of drug-likeness (QED) is 0.611. The Morgan fingerprint density at radius 2 is 1.87 bits per heavy atom. The van der Waals surface area contributed by atoms with Crippen molar-refractivity contribution in [1.82, 2.24) is 9.88 Å². The molecule has 3 N–H and O–H groups in total. The van der Waals surface area contributed by atoms with Crippen molar-refractivity contribution < 1.29 is 18.4 Å². The molecule has 0 saturated carbocycles. The summed E-state index contributed by atoms with van der Waals surface area (Å²) >= 11 is 6.03. The van der Waals surface area contributed by atoms with Crippen LogP contribution in [0.25, 0.3) is 11.1 Å². The first kappa shape index (κ1) is 21.5. The van der Waals surface area contributed by atoms with Gasteiger partial charge in [0.15, 0.2) is 0 Å². The minimum atomic E-state index is -0.736. The molecule has 0 aliphatic heterocycles. The molecule has 0 unspecified atom stereocenters. The van der Waals surface area contributed by atoms with Crippen molar-refractivity contribution in [2.24, 2.45) is 12.8 Å². The van der Waals surface area contributed by atoms with Gasteiger partial charge in [-0.2, -0.15) is 0 Å². The molecule has 5 nitrogen and oxygen atoms in total. The number of aromatic nitrogens is 1. The van der Waals surface area contributed by atoms with E-state index in [0.29, 0.717) is 10.6 Å². The number of carbonyl (C=O) groups excluding carboxylic acids is 2. The second-order valence-corrected chi connectivity index (χ2v) is 7.47. The Hall–Kier alpha value is -3.19. The summed E-state index contributed by atoms with van der Waals surface area (Å²) in [4.78, 5) is 24.6. The number of halogens is 3. The number of carbonyl (C=O) groups is 2. The molecule has 0 radical (unpaired) electrons. The highest BCUT2D eigenvalue weighted by Crippen LogP contribution is 2.32. The maximum Gasteiger partial charge on any atom is 0.253 e. The molecule has 30 heavy (non-hydrogen) atoms. The van der Waals surface area contributed by atoms with Gasteiger partial charge in [-0.15, -0.1) is 0 Å². The Bertz CT molecular complexity index is 1130. The van der Waals surface area contributed by atoms with Crippen LogP contribution in [0.1, 0.15) is 33.9 Å². The van der Waals surface area contributed by atoms with Crippen LogP contribution in [0.2, 0.25) is 5.02 Å². The number of nitrogens with one attached hydrogen (secondary N) is 1. The van der Waals surface area contributed by atoms with Crippen LogP contribution in [0.15, 0.2) is 48.8 Å². The van der Waals surface area contributed by atoms with E-state index < -0.39 is 29.5 Å². The second-order valence-electron chi connectivity index (χ2n) is 7.03. The second kappa shape index (κ2) is 8.67. The number of rotatable bonds is 6. The molecule has 1 aromatic heterocycles. The molecule has 156 valence electrons. The average molecular weight is 432 g/mol. The minimum absolute atomic E-state index is 0.00922. The van der Waals surface area contributed by atoms with Gasteiger partial charge in [0, 0.05) is 35.6 Å². The predicted octanol–water partition coefficient (Wildman–Crippen LogP) is 4.28. The van der Waals surface area contributed by atoms with Crippen LogP contribution in [0.5, 0.6) is 0 Å². The highest BCUT2D eigenvalue weighted by atomic mass is 35.5. The monoisotopic (exact) mass is 431 g/mol. The van der Waals surface area contributed by atoms with Crippen molar-refractivity contribution in [1.29, 1.82) is 0 Å². The van der Waals surface area contributed by atoms with E-state index in [0.717, 1.165) is 12.1 Å². The van der Waals surface area contributed by atoms with Gasteiger partial charge in [0.2, 0.25) is 5.91 Å². The number of hydrogen-bond acceptors (Lipinski definition) is 2. The van der Waals surface area contributed by atoms with E-state index in [4.69, 9.17) is 17.3 Å². The summed E-state index contributed by atoms with van der Waals surface area (Å²) < 4.78 is 30.2. The van der Waals surface area contributed by atoms with Crippen LogP contribution in [-0.4, -0.2) is 16.4 Å². The van der Waals surface area contributed by atoms with Crippen LogP contribution in [0, 0.1) is 18.6 Å². The SMILES string of the molecule is Cc1c(F)ccc(F)c1-c1cn(C)cc1C(=O)N[C@@H](CC(N)=O)c1cccc(Cl)c1. The Morgan fingerprint density at radius 1 is 1.17 bits per heavy atom. The molecule has 0 bridgehead atoms. The molecule has 2 amide bonds. The first-order valence-corrected chi connectivity index (χ1v) is 9.50. The van der Waals surface area contributed by atoms with Gasteiger partial charge in [0.1, 0.15) is 11.6 Å². The largest absolute Gasteiger partial charge is 0.370 e. The summed E-state index contributed by atoms with van der Waals surface area (Å²) in [6.07, 6.45) is 2.90. The lowest BCUT2D eigenvalue weighted by Gasteiger charge is -2.19. The molecule has 8 heteroatoms. The van der Waals surface area contributed by atoms with Crippen LogP contribution in [0.4, 0.5) is 8.78 Å². The number of aryl methyl sites for hydroxylation is 1. The van der Waals surface area contributed by atoms with Crippen molar-refractivity contribution in [3.8, 4) is 11.1 Å². The predicted molar refractivity (Wildman–Crippen MR) is 111 cm³/mol. The number of nitrogens with zero attached hydrogens (tertiary/aromatic N) is 1. The van der Waals surface area contributed by atoms with Gasteiger partial charge >= 0.3 is 0 Å². The summed E-state index contributed by atoms with van der Waals surface area (Å²) in [7, 11) is 1.67. The summed E-state index contributed by atoms with van der Waals surface area (Å²) in [5.41, 5.74) is 6.43. The lowest BCUT2D eigenvalue weighted by atomic mass is 9.97. The summed E-state index contributed by atoms with van der Waals surface area (Å²) in [5.74, 6) is -2.38. The standard InChI is InChI=1S/C22H20ClF2N3O2/c1-12-17(24)6-7-18(25)21(12)15-10-28(2)11-16(15)22(30)27-19(9-20(26)29)13-4-3-5-14(23)8-13/h3-8,10-11,19H,9H2,1-2H3,(H2,26,29)(H,27,30)/t19-/m0/s1. The normalized spacial score (nSPS) is 11.9. The lowest BCUT2D eigenvalue weighted by Crippen LogP contribution is -2.32. The number of benzene rings is 2. The van der Waals surface area contributed by atoms with E-state index in [1.165, 1.54) is 13.1 Å². The zero-order valence-corrected chi connectivity index (χ0v) is 17.1. The smallest absolute Gasteiger partial charge is 0.253 e. The molecule has 1 atom stereocenters. The zero-order chi connectivity index (χ0) is 22.0. The van der Waals surface area contributed by atoms with Gasteiger partial charge < -0.3 is 15.6 Å². The molecule has 0 saturated heterocycles. The molecule has 2 aromatic carbocycles. The van der Waals surface area contributed by atoms with Crippen molar-refractivity contribution in [3.63, 3.8) is 0 Å². The molecular weight excluding hydrogens is 412 g/mol. The van der Waals surface area contributed by atoms with Crippen molar-refractivity contribution >= 4 is 23.4 Å². The number of nitrogens with two attached hydrogens (primary N) is 1. The van der Waals surface area contributed by atoms with Gasteiger partial charge in [-0.05, 0) is 42.3 Å². The average Bonchev–Trinajstić information content (AvgIpc) is 3.05. The van der Waals surface area contributed by atoms with Gasteiger partial charge in [-0.3, -0.25) is 9.59 Å². The number of hydrogen-bond donors (Lipinski definition) is 2. The van der Waals surface area contributed by atoms with Crippen LogP contribution >= 0.6 is 11.6 Å². The first-order valence-electron chi connectivity index (χ1n) is 9.13. The molecule has 1 heterocycles. The molecule has 3 aromatic rings. The fraction of sp³-hybridized carbons (Fsp3) is 0.182. The van der Waals surface area contributed by atoms with E-state index in [1.54, 1.807) is 42.1 Å². The van der Waals surface area contributed by atoms with E-state index in [-0.39, 0.29) is 28.7 Å². The molecule has 0 fully saturated rings. The molecular formula is C22H20ClF2N3O2. The Kier molecular flexibility index (Phi) is 6.22. The van der Waals surface area contributed by atoms with Crippen molar-refractivity contribution in [2.45, 2.75) is 19.4 Å². The molecule has 3 rings (SSSR count). The Labute approximate surface area is 177 Å². The highest BCUT2D eigenvalue weighted by Gasteiger charge is 2.24. The summed E-state index contributed by atoms with van der Waals surface area (Å²) in [5, 5.41) is 3.20. The number of amides is 2. The van der Waals surface area contributed by atoms with Crippen LogP contribution in [0.3, 0.4) is 0 Å². The Morgan fingerprint density at radius 3 is 2.53 bits per heavy atom. The third-order valence-corrected chi connectivity index (χ3v) is 5.01. The number of primary amides is 1. The zero-order valence-electron chi connectivity index (χ0n) is 16.4. The highest BCUT2D eigenvalue weighted by molar-refractivity contribution is 6.30. The molecule has 0 spiro atoms. The minimum Gasteiger partial charge on any atom is -0.370 e. The maximum atomic E-state index is 14.5. The topological polar surface area (TPSA) is 77.1 Å². The van der Waals surface area contributed by atoms with Gasteiger partial charge in [0.05, 0.1) is 18.0 Å². The maximum absolute atomic E-state index is 14.5. The fourth-order valence-electron chi connectivity index (χ4n) is 3.36. The molecule has 0 aliphatic rings.